The highest BCUT2D eigenvalue weighted by Crippen LogP contribution is 2.30. The Morgan fingerprint density at radius 1 is 1.10 bits per heavy atom. The van der Waals surface area contributed by atoms with E-state index in [-0.39, 0.29) is 11.4 Å². The second kappa shape index (κ2) is 8.07. The summed E-state index contributed by atoms with van der Waals surface area (Å²) in [6, 6.07) is 16.1. The third-order valence-electron chi connectivity index (χ3n) is 3.99. The average molecular weight is 410 g/mol. The molecular weight excluding hydrogens is 397 g/mol. The summed E-state index contributed by atoms with van der Waals surface area (Å²) in [6.45, 7) is 0. The van der Waals surface area contributed by atoms with Gasteiger partial charge in [0.2, 0.25) is 5.82 Å². The largest absolute Gasteiger partial charge is 0.457 e. The molecule has 0 saturated carbocycles. The lowest BCUT2D eigenvalue weighted by Crippen LogP contribution is -2.14. The third kappa shape index (κ3) is 4.22. The minimum absolute atomic E-state index is 0.0836. The van der Waals surface area contributed by atoms with Gasteiger partial charge in [-0.2, -0.15) is 5.21 Å². The second-order valence-electron chi connectivity index (χ2n) is 5.94. The van der Waals surface area contributed by atoms with Crippen molar-refractivity contribution in [2.75, 3.05) is 5.32 Å². The number of hydrogen-bond acceptors (Lipinski definition) is 5. The number of amides is 1. The van der Waals surface area contributed by atoms with Crippen LogP contribution in [0, 0.1) is 5.82 Å². The number of nitrogens with one attached hydrogen (secondary N) is 2. The number of carbonyl (C=O) groups is 1. The lowest BCUT2D eigenvalue weighted by atomic mass is 10.1. The normalized spacial score (nSPS) is 11.4. The molecule has 0 aliphatic heterocycles. The number of aromatic amines is 1. The summed E-state index contributed by atoms with van der Waals surface area (Å²) in [5.41, 5.74) is 1.26. The number of hydrogen-bond donors (Lipinski definition) is 2. The van der Waals surface area contributed by atoms with E-state index in [2.05, 4.69) is 25.9 Å². The smallest absolute Gasteiger partial charge is 0.259 e. The molecule has 2 N–H and O–H groups in total. The SMILES string of the molecule is O=C(Nc1ccc(F)cc1)/C(=C/c1ccc(-c2ccccc2Cl)o1)c1nn[nH]n1. The summed E-state index contributed by atoms with van der Waals surface area (Å²) in [7, 11) is 0. The van der Waals surface area contributed by atoms with Crippen LogP contribution in [0.15, 0.2) is 65.1 Å². The van der Waals surface area contributed by atoms with Crippen molar-refractivity contribution in [2.45, 2.75) is 0 Å². The van der Waals surface area contributed by atoms with E-state index in [4.69, 9.17) is 16.0 Å². The zero-order valence-electron chi connectivity index (χ0n) is 14.8. The van der Waals surface area contributed by atoms with Gasteiger partial charge in [0, 0.05) is 11.3 Å². The fourth-order valence-electron chi connectivity index (χ4n) is 2.62. The van der Waals surface area contributed by atoms with E-state index in [9.17, 15) is 9.18 Å². The fourth-order valence-corrected chi connectivity index (χ4v) is 2.85. The second-order valence-corrected chi connectivity index (χ2v) is 6.34. The number of halogens is 2. The number of H-pyrrole nitrogens is 1. The van der Waals surface area contributed by atoms with Crippen LogP contribution in [-0.2, 0) is 4.79 Å². The molecule has 144 valence electrons. The van der Waals surface area contributed by atoms with Crippen LogP contribution in [0.5, 0.6) is 0 Å². The Balaban J connectivity index is 1.66. The van der Waals surface area contributed by atoms with Crippen molar-refractivity contribution in [2.24, 2.45) is 0 Å². The molecule has 0 aliphatic rings. The van der Waals surface area contributed by atoms with Gasteiger partial charge in [-0.3, -0.25) is 4.79 Å². The molecule has 0 bridgehead atoms. The standard InChI is InChI=1S/C20H13ClFN5O2/c21-17-4-2-1-3-15(17)18-10-9-14(29-18)11-16(19-24-26-27-25-19)20(28)23-13-7-5-12(22)6-8-13/h1-11H,(H,23,28)(H,24,25,26,27)/b16-11+. The van der Waals surface area contributed by atoms with Crippen LogP contribution in [0.1, 0.15) is 11.6 Å². The zero-order chi connectivity index (χ0) is 20.2. The topological polar surface area (TPSA) is 96.7 Å². The maximum atomic E-state index is 13.1. The predicted molar refractivity (Wildman–Crippen MR) is 106 cm³/mol. The number of benzene rings is 2. The Hall–Kier alpha value is -3.78. The molecule has 2 aromatic carbocycles. The number of carbonyl (C=O) groups excluding carboxylic acids is 1. The van der Waals surface area contributed by atoms with Crippen molar-refractivity contribution in [3.8, 4) is 11.3 Å². The lowest BCUT2D eigenvalue weighted by molar-refractivity contribution is -0.111. The van der Waals surface area contributed by atoms with Crippen LogP contribution >= 0.6 is 11.6 Å². The first-order valence-electron chi connectivity index (χ1n) is 8.47. The Bertz CT molecular complexity index is 1170. The molecule has 0 radical (unpaired) electrons. The van der Waals surface area contributed by atoms with E-state index >= 15 is 0 Å². The van der Waals surface area contributed by atoms with Crippen molar-refractivity contribution in [1.82, 2.24) is 20.6 Å². The van der Waals surface area contributed by atoms with Crippen molar-refractivity contribution in [1.29, 1.82) is 0 Å². The van der Waals surface area contributed by atoms with E-state index in [0.29, 0.717) is 22.2 Å². The van der Waals surface area contributed by atoms with Gasteiger partial charge in [0.05, 0.1) is 10.6 Å². The van der Waals surface area contributed by atoms with E-state index in [1.54, 1.807) is 18.2 Å². The van der Waals surface area contributed by atoms with Gasteiger partial charge in [-0.05, 0) is 59.8 Å². The molecule has 0 atom stereocenters. The van der Waals surface area contributed by atoms with Gasteiger partial charge in [-0.25, -0.2) is 4.39 Å². The van der Waals surface area contributed by atoms with Crippen LogP contribution in [0.4, 0.5) is 10.1 Å². The highest BCUT2D eigenvalue weighted by atomic mass is 35.5. The number of anilines is 1. The fraction of sp³-hybridized carbons (Fsp3) is 0. The van der Waals surface area contributed by atoms with Crippen molar-refractivity contribution < 1.29 is 13.6 Å². The first-order valence-corrected chi connectivity index (χ1v) is 8.85. The summed E-state index contributed by atoms with van der Waals surface area (Å²) < 4.78 is 18.9. The predicted octanol–water partition coefficient (Wildman–Crippen LogP) is 4.43. The van der Waals surface area contributed by atoms with Gasteiger partial charge >= 0.3 is 0 Å². The molecule has 7 nitrogen and oxygen atoms in total. The summed E-state index contributed by atoms with van der Waals surface area (Å²) in [5, 5.41) is 16.8. The summed E-state index contributed by atoms with van der Waals surface area (Å²) >= 11 is 6.21. The van der Waals surface area contributed by atoms with Gasteiger partial charge in [-0.15, -0.1) is 10.2 Å². The maximum Gasteiger partial charge on any atom is 0.259 e. The van der Waals surface area contributed by atoms with Crippen LogP contribution in [0.3, 0.4) is 0 Å². The summed E-state index contributed by atoms with van der Waals surface area (Å²) in [5.74, 6) is 0.121. The molecule has 0 aliphatic carbocycles. The molecule has 1 amide bonds. The molecule has 9 heteroatoms. The van der Waals surface area contributed by atoms with Gasteiger partial charge in [0.1, 0.15) is 17.3 Å². The van der Waals surface area contributed by atoms with Crippen molar-refractivity contribution >= 4 is 34.8 Å². The number of aromatic nitrogens is 4. The molecule has 0 fully saturated rings. The quantitative estimate of drug-likeness (QED) is 0.475. The molecule has 0 saturated heterocycles. The molecular formula is C20H13ClFN5O2. The highest BCUT2D eigenvalue weighted by Gasteiger charge is 2.18. The first kappa shape index (κ1) is 18.6. The molecule has 0 spiro atoms. The number of furan rings is 1. The summed E-state index contributed by atoms with van der Waals surface area (Å²) in [6.07, 6.45) is 1.49. The Labute approximate surface area is 169 Å². The lowest BCUT2D eigenvalue weighted by Gasteiger charge is -2.06. The van der Waals surface area contributed by atoms with Crippen LogP contribution < -0.4 is 5.32 Å². The minimum Gasteiger partial charge on any atom is -0.457 e. The van der Waals surface area contributed by atoms with E-state index in [1.165, 1.54) is 30.3 Å². The van der Waals surface area contributed by atoms with Crippen LogP contribution in [-0.4, -0.2) is 26.5 Å². The number of nitrogens with zero attached hydrogens (tertiary/aromatic N) is 3. The van der Waals surface area contributed by atoms with E-state index in [1.807, 2.05) is 18.2 Å². The first-order chi connectivity index (χ1) is 14.1. The van der Waals surface area contributed by atoms with Gasteiger partial charge < -0.3 is 9.73 Å². The average Bonchev–Trinajstić information content (AvgIpc) is 3.40. The Morgan fingerprint density at radius 2 is 1.90 bits per heavy atom. The van der Waals surface area contributed by atoms with Crippen LogP contribution in [0.25, 0.3) is 23.0 Å². The third-order valence-corrected chi connectivity index (χ3v) is 4.32. The van der Waals surface area contributed by atoms with E-state index in [0.717, 1.165) is 5.56 Å². The maximum absolute atomic E-state index is 13.1. The van der Waals surface area contributed by atoms with Crippen molar-refractivity contribution in [3.63, 3.8) is 0 Å². The van der Waals surface area contributed by atoms with Crippen molar-refractivity contribution in [3.05, 3.63) is 83.1 Å². The monoisotopic (exact) mass is 409 g/mol. The molecule has 0 unspecified atom stereocenters. The molecule has 29 heavy (non-hydrogen) atoms. The van der Waals surface area contributed by atoms with Gasteiger partial charge in [0.15, 0.2) is 0 Å². The molecule has 4 rings (SSSR count). The minimum atomic E-state index is -0.506. The Kier molecular flexibility index (Phi) is 5.17. The molecule has 4 aromatic rings. The number of tetrazole rings is 1. The van der Waals surface area contributed by atoms with Crippen LogP contribution in [0.2, 0.25) is 5.02 Å². The zero-order valence-corrected chi connectivity index (χ0v) is 15.5. The molecule has 2 aromatic heterocycles. The molecule has 2 heterocycles. The Morgan fingerprint density at radius 3 is 2.62 bits per heavy atom. The van der Waals surface area contributed by atoms with Gasteiger partial charge in [-0.1, -0.05) is 23.7 Å². The highest BCUT2D eigenvalue weighted by molar-refractivity contribution is 6.33. The van der Waals surface area contributed by atoms with Gasteiger partial charge in [0.25, 0.3) is 5.91 Å². The van der Waals surface area contributed by atoms with E-state index < -0.39 is 11.7 Å². The summed E-state index contributed by atoms with van der Waals surface area (Å²) in [4.78, 5) is 12.8. The number of rotatable bonds is 5.